The summed E-state index contributed by atoms with van der Waals surface area (Å²) in [6.07, 6.45) is 2.59. The van der Waals surface area contributed by atoms with Crippen molar-refractivity contribution in [1.82, 2.24) is 9.97 Å². The molecule has 204 valence electrons. The van der Waals surface area contributed by atoms with E-state index in [0.29, 0.717) is 29.1 Å². The molecule has 2 rings (SSSR count). The first-order chi connectivity index (χ1) is 17.4. The molecular formula is C25H34FN3O7S. The van der Waals surface area contributed by atoms with Crippen LogP contribution in [-0.4, -0.2) is 68.4 Å². The van der Waals surface area contributed by atoms with Gasteiger partial charge in [-0.05, 0) is 37.1 Å². The lowest BCUT2D eigenvalue weighted by molar-refractivity contribution is -0.143. The molecule has 2 unspecified atom stereocenters. The van der Waals surface area contributed by atoms with Crippen molar-refractivity contribution in [2.24, 2.45) is 0 Å². The highest BCUT2D eigenvalue weighted by Gasteiger charge is 2.20. The molecule has 10 nitrogen and oxygen atoms in total. The summed E-state index contributed by atoms with van der Waals surface area (Å²) in [6, 6.07) is 5.63. The Hall–Kier alpha value is -2.93. The first kappa shape index (κ1) is 30.3. The largest absolute Gasteiger partial charge is 0.469 e. The molecule has 0 spiro atoms. The maximum atomic E-state index is 13.6. The first-order valence-corrected chi connectivity index (χ1v) is 13.6. The fourth-order valence-corrected chi connectivity index (χ4v) is 3.81. The number of rotatable bonds is 14. The van der Waals surface area contributed by atoms with Crippen LogP contribution in [0, 0.1) is 5.82 Å². The summed E-state index contributed by atoms with van der Waals surface area (Å²) in [5.74, 6) is -1.24. The average molecular weight is 540 g/mol. The molecule has 0 amide bonds. The highest BCUT2D eigenvalue weighted by atomic mass is 32.2. The molecule has 0 fully saturated rings. The average Bonchev–Trinajstić information content (AvgIpc) is 2.81. The molecule has 2 atom stereocenters. The maximum absolute atomic E-state index is 13.6. The van der Waals surface area contributed by atoms with E-state index < -0.39 is 34.0 Å². The first-order valence-electron chi connectivity index (χ1n) is 11.7. The fraction of sp³-hybridized carbons (Fsp3) is 0.480. The molecule has 2 aromatic rings. The maximum Gasteiger partial charge on any atom is 0.308 e. The van der Waals surface area contributed by atoms with Crippen LogP contribution in [0.2, 0.25) is 0 Å². The van der Waals surface area contributed by atoms with Gasteiger partial charge in [0, 0.05) is 24.2 Å². The summed E-state index contributed by atoms with van der Waals surface area (Å²) < 4.78 is 55.3. The van der Waals surface area contributed by atoms with Crippen molar-refractivity contribution >= 4 is 28.0 Å². The minimum Gasteiger partial charge on any atom is -0.469 e. The number of nitrogens with one attached hydrogen (secondary N) is 1. The van der Waals surface area contributed by atoms with Gasteiger partial charge in [0.25, 0.3) is 0 Å². The van der Waals surface area contributed by atoms with Crippen LogP contribution in [-0.2, 0) is 29.0 Å². The molecule has 0 aliphatic rings. The van der Waals surface area contributed by atoms with E-state index in [-0.39, 0.29) is 31.5 Å². The lowest BCUT2D eigenvalue weighted by atomic mass is 9.97. The van der Waals surface area contributed by atoms with Gasteiger partial charge >= 0.3 is 5.97 Å². The van der Waals surface area contributed by atoms with Crippen molar-refractivity contribution in [2.45, 2.75) is 51.7 Å². The number of aliphatic hydroxyl groups excluding tert-OH is 1. The quantitative estimate of drug-likeness (QED) is 0.210. The Balaban J connectivity index is 2.56. The number of benzene rings is 1. The van der Waals surface area contributed by atoms with Crippen LogP contribution in [0.15, 0.2) is 30.3 Å². The normalized spacial score (nSPS) is 13.6. The van der Waals surface area contributed by atoms with Crippen LogP contribution in [0.4, 0.5) is 10.3 Å². The second-order valence-corrected chi connectivity index (χ2v) is 10.3. The minimum absolute atomic E-state index is 0.0357. The van der Waals surface area contributed by atoms with E-state index in [9.17, 15) is 22.7 Å². The third-order valence-electron chi connectivity index (χ3n) is 5.10. The van der Waals surface area contributed by atoms with Gasteiger partial charge in [-0.1, -0.05) is 26.0 Å². The van der Waals surface area contributed by atoms with Crippen LogP contribution in [0.5, 0.6) is 0 Å². The number of carbonyl (C=O) groups excluding carboxylic acids is 1. The van der Waals surface area contributed by atoms with E-state index in [1.54, 1.807) is 12.2 Å². The molecule has 0 saturated heterocycles. The van der Waals surface area contributed by atoms with E-state index in [1.165, 1.54) is 31.4 Å². The molecule has 1 aromatic heterocycles. The van der Waals surface area contributed by atoms with Gasteiger partial charge in [-0.2, -0.15) is 0 Å². The zero-order valence-corrected chi connectivity index (χ0v) is 22.4. The van der Waals surface area contributed by atoms with Crippen LogP contribution >= 0.6 is 0 Å². The topological polar surface area (TPSA) is 137 Å². The summed E-state index contributed by atoms with van der Waals surface area (Å²) in [6.45, 7) is 5.98. The molecule has 0 radical (unpaired) electrons. The lowest BCUT2D eigenvalue weighted by Crippen LogP contribution is -2.23. The summed E-state index contributed by atoms with van der Waals surface area (Å²) in [5.41, 5.74) is 2.02. The number of aromatic nitrogens is 2. The molecule has 1 heterocycles. The fourth-order valence-electron chi connectivity index (χ4n) is 3.38. The number of hydrogen-bond donors (Lipinski definition) is 2. The van der Waals surface area contributed by atoms with Gasteiger partial charge in [-0.15, -0.1) is 0 Å². The van der Waals surface area contributed by atoms with Crippen molar-refractivity contribution in [3.05, 3.63) is 47.4 Å². The second kappa shape index (κ2) is 14.1. The van der Waals surface area contributed by atoms with Crippen molar-refractivity contribution in [3.8, 4) is 11.3 Å². The predicted molar refractivity (Wildman–Crippen MR) is 138 cm³/mol. The number of esters is 1. The zero-order valence-electron chi connectivity index (χ0n) is 21.6. The number of aliphatic hydroxyl groups is 1. The Morgan fingerprint density at radius 2 is 1.89 bits per heavy atom. The summed E-state index contributed by atoms with van der Waals surface area (Å²) >= 11 is 0. The SMILES string of the molecule is CCOCOC(/C=C/c1c(-c2ccc(F)cc2)nc(NS(C)(=O)=O)nc1C(C)C)CC(O)CC(=O)OC. The molecule has 0 bridgehead atoms. The Morgan fingerprint density at radius 3 is 2.46 bits per heavy atom. The molecule has 0 saturated carbocycles. The molecule has 0 aliphatic carbocycles. The number of methoxy groups -OCH3 is 1. The Morgan fingerprint density at radius 1 is 1.22 bits per heavy atom. The van der Waals surface area contributed by atoms with Crippen molar-refractivity contribution in [3.63, 3.8) is 0 Å². The number of carbonyl (C=O) groups is 1. The smallest absolute Gasteiger partial charge is 0.308 e. The van der Waals surface area contributed by atoms with Gasteiger partial charge in [0.1, 0.15) is 12.6 Å². The number of anilines is 1. The second-order valence-electron chi connectivity index (χ2n) is 8.58. The minimum atomic E-state index is -3.65. The van der Waals surface area contributed by atoms with Gasteiger partial charge in [0.05, 0.1) is 43.4 Å². The van der Waals surface area contributed by atoms with E-state index in [4.69, 9.17) is 9.47 Å². The van der Waals surface area contributed by atoms with E-state index in [2.05, 4.69) is 19.4 Å². The molecule has 12 heteroatoms. The Kier molecular flexibility index (Phi) is 11.6. The molecule has 37 heavy (non-hydrogen) atoms. The molecule has 2 N–H and O–H groups in total. The van der Waals surface area contributed by atoms with Gasteiger partial charge in [-0.25, -0.2) is 22.8 Å². The number of ether oxygens (including phenoxy) is 3. The number of hydrogen-bond acceptors (Lipinski definition) is 9. The predicted octanol–water partition coefficient (Wildman–Crippen LogP) is 3.48. The zero-order chi connectivity index (χ0) is 27.6. The number of sulfonamides is 1. The summed E-state index contributed by atoms with van der Waals surface area (Å²) in [4.78, 5) is 20.4. The summed E-state index contributed by atoms with van der Waals surface area (Å²) in [7, 11) is -2.41. The molecular weight excluding hydrogens is 505 g/mol. The van der Waals surface area contributed by atoms with Crippen LogP contribution in [0.1, 0.15) is 50.8 Å². The third kappa shape index (κ3) is 10.2. The number of nitrogens with zero attached hydrogens (tertiary/aromatic N) is 2. The lowest BCUT2D eigenvalue weighted by Gasteiger charge is -2.19. The van der Waals surface area contributed by atoms with Crippen LogP contribution in [0.25, 0.3) is 17.3 Å². The monoisotopic (exact) mass is 539 g/mol. The van der Waals surface area contributed by atoms with Crippen LogP contribution < -0.4 is 4.72 Å². The Labute approximate surface area is 216 Å². The number of halogens is 1. The highest BCUT2D eigenvalue weighted by molar-refractivity contribution is 7.91. The van der Waals surface area contributed by atoms with Crippen molar-refractivity contribution in [1.29, 1.82) is 0 Å². The summed E-state index contributed by atoms with van der Waals surface area (Å²) in [5, 5.41) is 10.3. The van der Waals surface area contributed by atoms with Crippen molar-refractivity contribution in [2.75, 3.05) is 31.5 Å². The van der Waals surface area contributed by atoms with Gasteiger partial charge < -0.3 is 19.3 Å². The molecule has 0 aliphatic heterocycles. The van der Waals surface area contributed by atoms with Crippen LogP contribution in [0.3, 0.4) is 0 Å². The highest BCUT2D eigenvalue weighted by Crippen LogP contribution is 2.31. The van der Waals surface area contributed by atoms with E-state index in [0.717, 1.165) is 6.26 Å². The van der Waals surface area contributed by atoms with E-state index in [1.807, 2.05) is 20.8 Å². The van der Waals surface area contributed by atoms with Gasteiger partial charge in [0.15, 0.2) is 0 Å². The van der Waals surface area contributed by atoms with Gasteiger partial charge in [0.2, 0.25) is 16.0 Å². The van der Waals surface area contributed by atoms with Gasteiger partial charge in [-0.3, -0.25) is 9.52 Å². The molecule has 1 aromatic carbocycles. The Bertz CT molecular complexity index is 1170. The van der Waals surface area contributed by atoms with E-state index >= 15 is 0 Å². The standard InChI is InChI=1S/C25H34FN3O7S/c1-6-35-15-36-20(13-19(30)14-22(31)34-4)11-12-21-23(16(2)3)27-25(29-37(5,32)33)28-24(21)17-7-9-18(26)10-8-17/h7-12,16,19-20,30H,6,13-15H2,1-5H3,(H,27,28,29)/b12-11+. The van der Waals surface area contributed by atoms with Crippen molar-refractivity contribution < 1.29 is 36.9 Å². The third-order valence-corrected chi connectivity index (χ3v) is 5.65.